The van der Waals surface area contributed by atoms with Crippen molar-refractivity contribution in [3.63, 3.8) is 0 Å². The summed E-state index contributed by atoms with van der Waals surface area (Å²) in [7, 11) is 0. The van der Waals surface area contributed by atoms with Gasteiger partial charge >= 0.3 is 6.03 Å². The third kappa shape index (κ3) is 6.89. The number of nitrogens with two attached hydrogens (primary N) is 1. The molecule has 0 atom stereocenters. The SMILES string of the molecule is CCCN(OCCNC(=O)NC1CCC1)C(=O)C1=Cc2ccc(-c3cnc(CN)nc3)cc2NC(=O)C1. The van der Waals surface area contributed by atoms with Crippen molar-refractivity contribution in [1.29, 1.82) is 0 Å². The van der Waals surface area contributed by atoms with Crippen LogP contribution < -0.4 is 21.7 Å². The Labute approximate surface area is 215 Å². The molecule has 0 bridgehead atoms. The predicted octanol–water partition coefficient (Wildman–Crippen LogP) is 2.35. The van der Waals surface area contributed by atoms with E-state index >= 15 is 0 Å². The van der Waals surface area contributed by atoms with Crippen LogP contribution in [0.4, 0.5) is 10.5 Å². The van der Waals surface area contributed by atoms with E-state index in [1.807, 2.05) is 25.1 Å². The Balaban J connectivity index is 1.42. The molecule has 1 aliphatic carbocycles. The standard InChI is InChI=1S/C26H33N7O4/c1-2-9-33(37-10-8-28-26(36)31-21-4-3-5-21)25(35)19-11-18-7-6-17(12-22(18)32-24(34)13-19)20-15-29-23(14-27)30-16-20/h6-7,11-12,15-16,21H,2-5,8-10,13-14,27H2,1H3,(H,32,34)(H2,28,31,36). The lowest BCUT2D eigenvalue weighted by Gasteiger charge is -2.26. The fourth-order valence-electron chi connectivity index (χ4n) is 4.02. The average Bonchev–Trinajstić information content (AvgIpc) is 3.05. The number of anilines is 1. The van der Waals surface area contributed by atoms with Crippen molar-refractivity contribution in [3.8, 4) is 11.1 Å². The van der Waals surface area contributed by atoms with Crippen LogP contribution in [-0.4, -0.2) is 58.6 Å². The van der Waals surface area contributed by atoms with Gasteiger partial charge in [-0.25, -0.2) is 19.8 Å². The van der Waals surface area contributed by atoms with Gasteiger partial charge in [0.25, 0.3) is 5.91 Å². The Morgan fingerprint density at radius 3 is 2.68 bits per heavy atom. The summed E-state index contributed by atoms with van der Waals surface area (Å²) in [4.78, 5) is 52.0. The molecule has 196 valence electrons. The highest BCUT2D eigenvalue weighted by Crippen LogP contribution is 2.30. The van der Waals surface area contributed by atoms with Crippen molar-refractivity contribution in [1.82, 2.24) is 25.7 Å². The van der Waals surface area contributed by atoms with Crippen LogP contribution in [0.3, 0.4) is 0 Å². The molecular formula is C26H33N7O4. The summed E-state index contributed by atoms with van der Waals surface area (Å²) < 4.78 is 0. The number of nitrogens with one attached hydrogen (secondary N) is 3. The maximum atomic E-state index is 13.3. The van der Waals surface area contributed by atoms with Gasteiger partial charge < -0.3 is 21.7 Å². The van der Waals surface area contributed by atoms with E-state index in [0.717, 1.165) is 30.4 Å². The van der Waals surface area contributed by atoms with Crippen LogP contribution >= 0.6 is 0 Å². The lowest BCUT2D eigenvalue weighted by atomic mass is 9.93. The van der Waals surface area contributed by atoms with Crippen molar-refractivity contribution in [2.45, 2.75) is 51.6 Å². The summed E-state index contributed by atoms with van der Waals surface area (Å²) in [6.45, 7) is 2.94. The molecule has 1 aliphatic heterocycles. The molecule has 1 aromatic carbocycles. The molecule has 4 amide bonds. The number of carbonyl (C=O) groups is 3. The smallest absolute Gasteiger partial charge is 0.315 e. The zero-order valence-corrected chi connectivity index (χ0v) is 21.0. The average molecular weight is 508 g/mol. The van der Waals surface area contributed by atoms with E-state index in [4.69, 9.17) is 10.6 Å². The van der Waals surface area contributed by atoms with Gasteiger partial charge in [0.2, 0.25) is 5.91 Å². The first-order valence-electron chi connectivity index (χ1n) is 12.6. The van der Waals surface area contributed by atoms with Crippen molar-refractivity contribution < 1.29 is 19.2 Å². The van der Waals surface area contributed by atoms with Crippen molar-refractivity contribution in [2.75, 3.05) is 25.0 Å². The molecule has 0 radical (unpaired) electrons. The van der Waals surface area contributed by atoms with E-state index in [2.05, 4.69) is 25.9 Å². The number of hydrogen-bond donors (Lipinski definition) is 4. The molecule has 37 heavy (non-hydrogen) atoms. The number of carbonyl (C=O) groups excluding carboxylic acids is 3. The topological polar surface area (TPSA) is 152 Å². The van der Waals surface area contributed by atoms with Crippen LogP contribution in [0.15, 0.2) is 36.2 Å². The first kappa shape index (κ1) is 26.2. The van der Waals surface area contributed by atoms with E-state index in [9.17, 15) is 14.4 Å². The molecule has 11 heteroatoms. The number of hydrogen-bond acceptors (Lipinski definition) is 7. The predicted molar refractivity (Wildman–Crippen MR) is 139 cm³/mol. The second-order valence-corrected chi connectivity index (χ2v) is 9.06. The number of hydroxylamine groups is 2. The highest BCUT2D eigenvalue weighted by atomic mass is 16.7. The summed E-state index contributed by atoms with van der Waals surface area (Å²) in [5.41, 5.74) is 8.82. The molecule has 1 aromatic heterocycles. The molecule has 1 fully saturated rings. The summed E-state index contributed by atoms with van der Waals surface area (Å²) in [5.74, 6) is -0.126. The van der Waals surface area contributed by atoms with Gasteiger partial charge in [-0.3, -0.25) is 14.4 Å². The fraction of sp³-hybridized carbons (Fsp3) is 0.423. The first-order valence-corrected chi connectivity index (χ1v) is 12.6. The molecule has 2 heterocycles. The number of fused-ring (bicyclic) bond motifs is 1. The molecule has 2 aromatic rings. The number of amides is 4. The Morgan fingerprint density at radius 2 is 2.00 bits per heavy atom. The molecule has 0 unspecified atom stereocenters. The third-order valence-electron chi connectivity index (χ3n) is 6.23. The normalized spacial score (nSPS) is 15.0. The first-order chi connectivity index (χ1) is 18.0. The molecule has 4 rings (SSSR count). The Hall–Kier alpha value is -3.83. The lowest BCUT2D eigenvalue weighted by Crippen LogP contribution is -2.46. The summed E-state index contributed by atoms with van der Waals surface area (Å²) in [6.07, 6.45) is 8.83. The van der Waals surface area contributed by atoms with Crippen molar-refractivity contribution >= 4 is 29.6 Å². The number of benzene rings is 1. The molecule has 11 nitrogen and oxygen atoms in total. The minimum atomic E-state index is -0.376. The highest BCUT2D eigenvalue weighted by molar-refractivity contribution is 6.08. The maximum absolute atomic E-state index is 13.3. The second kappa shape index (κ2) is 12.4. The zero-order chi connectivity index (χ0) is 26.2. The molecule has 5 N–H and O–H groups in total. The monoisotopic (exact) mass is 507 g/mol. The Kier molecular flexibility index (Phi) is 8.81. The number of rotatable bonds is 10. The number of aromatic nitrogens is 2. The van der Waals surface area contributed by atoms with E-state index in [0.29, 0.717) is 35.6 Å². The van der Waals surface area contributed by atoms with Crippen molar-refractivity contribution in [3.05, 3.63) is 47.6 Å². The van der Waals surface area contributed by atoms with E-state index in [1.165, 1.54) is 5.06 Å². The van der Waals surface area contributed by atoms with E-state index < -0.39 is 0 Å². The van der Waals surface area contributed by atoms with Gasteiger partial charge in [-0.05, 0) is 49.0 Å². The maximum Gasteiger partial charge on any atom is 0.315 e. The van der Waals surface area contributed by atoms with Gasteiger partial charge in [0.05, 0.1) is 19.6 Å². The zero-order valence-electron chi connectivity index (χ0n) is 21.0. The van der Waals surface area contributed by atoms with Gasteiger partial charge in [0.1, 0.15) is 5.82 Å². The van der Waals surface area contributed by atoms with Gasteiger partial charge in [-0.2, -0.15) is 0 Å². The summed E-state index contributed by atoms with van der Waals surface area (Å²) in [6, 6.07) is 5.57. The quantitative estimate of drug-likeness (QED) is 0.285. The van der Waals surface area contributed by atoms with Crippen LogP contribution in [0.1, 0.15) is 50.4 Å². The number of nitrogens with zero attached hydrogens (tertiary/aromatic N) is 3. The minimum Gasteiger partial charge on any atom is -0.336 e. The molecule has 0 spiro atoms. The summed E-state index contributed by atoms with van der Waals surface area (Å²) in [5, 5.41) is 9.79. The van der Waals surface area contributed by atoms with Crippen LogP contribution in [0, 0.1) is 0 Å². The Morgan fingerprint density at radius 1 is 1.22 bits per heavy atom. The minimum absolute atomic E-state index is 0.0806. The number of urea groups is 1. The largest absolute Gasteiger partial charge is 0.336 e. The van der Waals surface area contributed by atoms with Crippen molar-refractivity contribution in [2.24, 2.45) is 5.73 Å². The van der Waals surface area contributed by atoms with Gasteiger partial charge in [-0.1, -0.05) is 19.1 Å². The van der Waals surface area contributed by atoms with E-state index in [-0.39, 0.29) is 50.0 Å². The van der Waals surface area contributed by atoms with Crippen LogP contribution in [-0.2, 0) is 21.0 Å². The molecule has 1 saturated carbocycles. The van der Waals surface area contributed by atoms with Gasteiger partial charge in [-0.15, -0.1) is 0 Å². The van der Waals surface area contributed by atoms with Crippen LogP contribution in [0.5, 0.6) is 0 Å². The van der Waals surface area contributed by atoms with E-state index in [1.54, 1.807) is 18.5 Å². The second-order valence-electron chi connectivity index (χ2n) is 9.06. The highest BCUT2D eigenvalue weighted by Gasteiger charge is 2.25. The van der Waals surface area contributed by atoms with Gasteiger partial charge in [0, 0.05) is 48.3 Å². The molecular weight excluding hydrogens is 474 g/mol. The third-order valence-corrected chi connectivity index (χ3v) is 6.23. The van der Waals surface area contributed by atoms with Gasteiger partial charge in [0.15, 0.2) is 0 Å². The molecule has 2 aliphatic rings. The van der Waals surface area contributed by atoms with Crippen LogP contribution in [0.25, 0.3) is 17.2 Å². The fourth-order valence-corrected chi connectivity index (χ4v) is 4.02. The molecule has 0 saturated heterocycles. The summed E-state index contributed by atoms with van der Waals surface area (Å²) >= 11 is 0. The Bertz CT molecular complexity index is 1160. The lowest BCUT2D eigenvalue weighted by molar-refractivity contribution is -0.181. The van der Waals surface area contributed by atoms with Crippen LogP contribution in [0.2, 0.25) is 0 Å².